The van der Waals surface area contributed by atoms with Crippen LogP contribution in [0.4, 0.5) is 0 Å². The first-order valence-corrected chi connectivity index (χ1v) is 5.94. The first kappa shape index (κ1) is 12.2. The van der Waals surface area contributed by atoms with Crippen LogP contribution in [0.1, 0.15) is 0 Å². The fraction of sp³-hybridized carbons (Fsp3) is 0.0667. The van der Waals surface area contributed by atoms with E-state index in [1.54, 1.807) is 31.6 Å². The summed E-state index contributed by atoms with van der Waals surface area (Å²) in [5.74, 6) is 0.448. The van der Waals surface area contributed by atoms with Crippen LogP contribution < -0.4 is 10.4 Å². The molecule has 2 aromatic heterocycles. The van der Waals surface area contributed by atoms with Gasteiger partial charge in [-0.25, -0.2) is 4.79 Å². The maximum atomic E-state index is 11.3. The first-order chi connectivity index (χ1) is 9.69. The maximum Gasteiger partial charge on any atom is 0.339 e. The van der Waals surface area contributed by atoms with E-state index < -0.39 is 5.63 Å². The Morgan fingerprint density at radius 2 is 1.95 bits per heavy atom. The van der Waals surface area contributed by atoms with E-state index in [9.17, 15) is 9.90 Å². The second-order valence-electron chi connectivity index (χ2n) is 4.24. The second-order valence-corrected chi connectivity index (χ2v) is 4.24. The summed E-state index contributed by atoms with van der Waals surface area (Å²) in [5.41, 5.74) is 1.35. The summed E-state index contributed by atoms with van der Waals surface area (Å²) in [4.78, 5) is 15.3. The Bertz CT molecular complexity index is 824. The normalized spacial score (nSPS) is 10.7. The fourth-order valence-corrected chi connectivity index (χ4v) is 2.10. The minimum atomic E-state index is -0.596. The third-order valence-electron chi connectivity index (χ3n) is 3.03. The topological polar surface area (TPSA) is 72.6 Å². The number of aromatic nitrogens is 1. The van der Waals surface area contributed by atoms with Gasteiger partial charge in [-0.05, 0) is 29.8 Å². The number of aromatic hydroxyl groups is 1. The summed E-state index contributed by atoms with van der Waals surface area (Å²) in [5, 5.41) is 10.2. The number of ether oxygens (including phenoxy) is 1. The van der Waals surface area contributed by atoms with Crippen LogP contribution in [0.25, 0.3) is 22.1 Å². The van der Waals surface area contributed by atoms with E-state index in [1.807, 2.05) is 12.1 Å². The van der Waals surface area contributed by atoms with Gasteiger partial charge >= 0.3 is 5.63 Å². The Hall–Kier alpha value is -2.82. The summed E-state index contributed by atoms with van der Waals surface area (Å²) >= 11 is 0. The smallest absolute Gasteiger partial charge is 0.339 e. The highest BCUT2D eigenvalue weighted by Crippen LogP contribution is 2.36. The van der Waals surface area contributed by atoms with Gasteiger partial charge in [0.1, 0.15) is 17.1 Å². The zero-order valence-corrected chi connectivity index (χ0v) is 10.7. The molecule has 3 aromatic rings. The SMILES string of the molecule is COc1cc2c(O)cc(=O)oc2cc1-c1ccncc1. The molecule has 5 nitrogen and oxygen atoms in total. The number of methoxy groups -OCH3 is 1. The van der Waals surface area contributed by atoms with E-state index in [1.165, 1.54) is 0 Å². The highest BCUT2D eigenvalue weighted by atomic mass is 16.5. The average molecular weight is 269 g/mol. The molecule has 1 aromatic carbocycles. The van der Waals surface area contributed by atoms with Crippen molar-refractivity contribution in [2.45, 2.75) is 0 Å². The molecule has 0 saturated heterocycles. The standard InChI is InChI=1S/C15H11NO4/c1-19-13-7-11-12(17)8-15(18)20-14(11)6-10(13)9-2-4-16-5-3-9/h2-8,17H,1H3. The Balaban J connectivity index is 2.35. The van der Waals surface area contributed by atoms with Crippen molar-refractivity contribution in [3.8, 4) is 22.6 Å². The molecule has 0 unspecified atom stereocenters. The van der Waals surface area contributed by atoms with E-state index in [-0.39, 0.29) is 5.75 Å². The predicted octanol–water partition coefficient (Wildman–Crippen LogP) is 2.57. The first-order valence-electron chi connectivity index (χ1n) is 5.94. The van der Waals surface area contributed by atoms with E-state index >= 15 is 0 Å². The number of pyridine rings is 1. The molecule has 0 bridgehead atoms. The van der Waals surface area contributed by atoms with Crippen LogP contribution >= 0.6 is 0 Å². The molecular formula is C15H11NO4. The molecule has 0 saturated carbocycles. The largest absolute Gasteiger partial charge is 0.507 e. The number of benzene rings is 1. The molecule has 0 amide bonds. The lowest BCUT2D eigenvalue weighted by atomic mass is 10.0. The number of rotatable bonds is 2. The number of nitrogens with zero attached hydrogens (tertiary/aromatic N) is 1. The highest BCUT2D eigenvalue weighted by molar-refractivity contribution is 5.90. The third-order valence-corrected chi connectivity index (χ3v) is 3.03. The van der Waals surface area contributed by atoms with E-state index in [2.05, 4.69) is 4.98 Å². The zero-order valence-electron chi connectivity index (χ0n) is 10.7. The van der Waals surface area contributed by atoms with Gasteiger partial charge in [0.2, 0.25) is 0 Å². The molecule has 0 aliphatic heterocycles. The lowest BCUT2D eigenvalue weighted by molar-refractivity contribution is 0.416. The minimum absolute atomic E-state index is 0.129. The van der Waals surface area contributed by atoms with Crippen LogP contribution in [0, 0.1) is 0 Å². The average Bonchev–Trinajstić information content (AvgIpc) is 2.47. The Morgan fingerprint density at radius 3 is 2.65 bits per heavy atom. The number of fused-ring (bicyclic) bond motifs is 1. The molecule has 0 radical (unpaired) electrons. The lowest BCUT2D eigenvalue weighted by Crippen LogP contribution is -1.96. The van der Waals surface area contributed by atoms with Crippen molar-refractivity contribution in [1.29, 1.82) is 0 Å². The van der Waals surface area contributed by atoms with Crippen molar-refractivity contribution in [2.75, 3.05) is 7.11 Å². The summed E-state index contributed by atoms with van der Waals surface area (Å²) in [6.45, 7) is 0. The summed E-state index contributed by atoms with van der Waals surface area (Å²) in [6, 6.07) is 8.00. The Kier molecular flexibility index (Phi) is 2.87. The van der Waals surface area contributed by atoms with Crippen molar-refractivity contribution in [2.24, 2.45) is 0 Å². The maximum absolute atomic E-state index is 11.3. The summed E-state index contributed by atoms with van der Waals surface area (Å²) in [6.07, 6.45) is 3.33. The van der Waals surface area contributed by atoms with Crippen LogP contribution in [-0.2, 0) is 0 Å². The van der Waals surface area contributed by atoms with E-state index in [4.69, 9.17) is 9.15 Å². The van der Waals surface area contributed by atoms with Gasteiger partial charge < -0.3 is 14.3 Å². The quantitative estimate of drug-likeness (QED) is 0.724. The van der Waals surface area contributed by atoms with Gasteiger partial charge in [-0.15, -0.1) is 0 Å². The lowest BCUT2D eigenvalue weighted by Gasteiger charge is -2.10. The molecule has 0 aliphatic rings. The minimum Gasteiger partial charge on any atom is -0.507 e. The van der Waals surface area contributed by atoms with Gasteiger partial charge in [0.15, 0.2) is 0 Å². The van der Waals surface area contributed by atoms with Gasteiger partial charge in [-0.3, -0.25) is 4.98 Å². The highest BCUT2D eigenvalue weighted by Gasteiger charge is 2.12. The van der Waals surface area contributed by atoms with Crippen molar-refractivity contribution in [3.05, 3.63) is 53.1 Å². The summed E-state index contributed by atoms with van der Waals surface area (Å²) < 4.78 is 10.5. The van der Waals surface area contributed by atoms with Crippen LogP contribution in [0.15, 0.2) is 51.9 Å². The molecular weight excluding hydrogens is 258 g/mol. The van der Waals surface area contributed by atoms with Gasteiger partial charge in [0.05, 0.1) is 18.6 Å². The van der Waals surface area contributed by atoms with Crippen LogP contribution in [-0.4, -0.2) is 17.2 Å². The molecule has 5 heteroatoms. The molecule has 0 atom stereocenters. The molecule has 20 heavy (non-hydrogen) atoms. The van der Waals surface area contributed by atoms with Gasteiger partial charge in [-0.1, -0.05) is 0 Å². The second kappa shape index (κ2) is 4.70. The molecule has 2 heterocycles. The number of hydrogen-bond donors (Lipinski definition) is 1. The predicted molar refractivity (Wildman–Crippen MR) is 73.9 cm³/mol. The fourth-order valence-electron chi connectivity index (χ4n) is 2.10. The molecule has 100 valence electrons. The van der Waals surface area contributed by atoms with E-state index in [0.717, 1.165) is 17.2 Å². The van der Waals surface area contributed by atoms with Gasteiger partial charge in [0.25, 0.3) is 0 Å². The third kappa shape index (κ3) is 1.99. The molecule has 1 N–H and O–H groups in total. The Morgan fingerprint density at radius 1 is 1.20 bits per heavy atom. The van der Waals surface area contributed by atoms with Crippen molar-refractivity contribution < 1.29 is 14.3 Å². The monoisotopic (exact) mass is 269 g/mol. The van der Waals surface area contributed by atoms with Gasteiger partial charge in [0, 0.05) is 18.0 Å². The van der Waals surface area contributed by atoms with Crippen LogP contribution in [0.5, 0.6) is 11.5 Å². The van der Waals surface area contributed by atoms with Crippen molar-refractivity contribution in [3.63, 3.8) is 0 Å². The zero-order chi connectivity index (χ0) is 14.1. The molecule has 0 aliphatic carbocycles. The van der Waals surface area contributed by atoms with Gasteiger partial charge in [-0.2, -0.15) is 0 Å². The van der Waals surface area contributed by atoms with E-state index in [0.29, 0.717) is 16.7 Å². The molecule has 0 fully saturated rings. The van der Waals surface area contributed by atoms with Crippen LogP contribution in [0.3, 0.4) is 0 Å². The molecule has 0 spiro atoms. The van der Waals surface area contributed by atoms with Crippen molar-refractivity contribution in [1.82, 2.24) is 4.98 Å². The van der Waals surface area contributed by atoms with Crippen molar-refractivity contribution >= 4 is 11.0 Å². The molecule has 3 rings (SSSR count). The van der Waals surface area contributed by atoms with Crippen LogP contribution in [0.2, 0.25) is 0 Å². The number of hydrogen-bond acceptors (Lipinski definition) is 5. The summed E-state index contributed by atoms with van der Waals surface area (Å²) in [7, 11) is 1.54. The Labute approximate surface area is 114 Å².